The van der Waals surface area contributed by atoms with Crippen LogP contribution in [-0.2, 0) is 16.1 Å². The van der Waals surface area contributed by atoms with Gasteiger partial charge in [-0.2, -0.15) is 0 Å². The lowest BCUT2D eigenvalue weighted by molar-refractivity contribution is -0.143. The van der Waals surface area contributed by atoms with E-state index < -0.39 is 0 Å². The summed E-state index contributed by atoms with van der Waals surface area (Å²) < 4.78 is 10.1. The Bertz CT molecular complexity index is 295. The molecule has 0 bridgehead atoms. The largest absolute Gasteiger partial charge is 0.468 e. The van der Waals surface area contributed by atoms with Crippen LogP contribution in [0.25, 0.3) is 0 Å². The van der Waals surface area contributed by atoms with Gasteiger partial charge in [-0.15, -0.1) is 0 Å². The highest BCUT2D eigenvalue weighted by atomic mass is 16.5. The monoisotopic (exact) mass is 225 g/mol. The molecule has 0 spiro atoms. The first-order chi connectivity index (χ1) is 7.76. The zero-order valence-corrected chi connectivity index (χ0v) is 9.94. The van der Waals surface area contributed by atoms with Gasteiger partial charge in [0.1, 0.15) is 5.76 Å². The molecule has 90 valence electrons. The minimum Gasteiger partial charge on any atom is -0.468 e. The molecule has 0 saturated carbocycles. The highest BCUT2D eigenvalue weighted by Crippen LogP contribution is 2.05. The van der Waals surface area contributed by atoms with Gasteiger partial charge >= 0.3 is 5.97 Å². The Labute approximate surface area is 96.2 Å². The molecule has 1 aromatic rings. The quantitative estimate of drug-likeness (QED) is 0.666. The van der Waals surface area contributed by atoms with E-state index >= 15 is 0 Å². The van der Waals surface area contributed by atoms with Crippen molar-refractivity contribution >= 4 is 5.97 Å². The summed E-state index contributed by atoms with van der Waals surface area (Å²) in [5.74, 6) is 0.783. The van der Waals surface area contributed by atoms with Crippen molar-refractivity contribution in [2.45, 2.75) is 26.8 Å². The number of hydrogen-bond donors (Lipinski definition) is 0. The Kier molecular flexibility index (Phi) is 5.64. The zero-order valence-electron chi connectivity index (χ0n) is 9.94. The van der Waals surface area contributed by atoms with Crippen LogP contribution in [0, 0.1) is 0 Å². The Balaban J connectivity index is 2.29. The van der Waals surface area contributed by atoms with Crippen LogP contribution in [0.1, 0.15) is 26.0 Å². The maximum Gasteiger partial charge on any atom is 0.307 e. The van der Waals surface area contributed by atoms with Crippen LogP contribution in [0.2, 0.25) is 0 Å². The van der Waals surface area contributed by atoms with Crippen LogP contribution in [0.3, 0.4) is 0 Å². The third-order valence-corrected chi connectivity index (χ3v) is 2.34. The van der Waals surface area contributed by atoms with E-state index in [1.165, 1.54) is 0 Å². The van der Waals surface area contributed by atoms with E-state index in [9.17, 15) is 4.79 Å². The van der Waals surface area contributed by atoms with Crippen molar-refractivity contribution in [3.63, 3.8) is 0 Å². The Morgan fingerprint density at radius 1 is 1.50 bits per heavy atom. The molecule has 0 N–H and O–H groups in total. The van der Waals surface area contributed by atoms with Gasteiger partial charge in [-0.1, -0.05) is 6.92 Å². The molecule has 16 heavy (non-hydrogen) atoms. The van der Waals surface area contributed by atoms with Crippen LogP contribution >= 0.6 is 0 Å². The van der Waals surface area contributed by atoms with E-state index in [1.807, 2.05) is 19.1 Å². The molecule has 1 rings (SSSR count). The van der Waals surface area contributed by atoms with E-state index in [2.05, 4.69) is 11.8 Å². The summed E-state index contributed by atoms with van der Waals surface area (Å²) in [5, 5.41) is 0. The Morgan fingerprint density at radius 3 is 2.88 bits per heavy atom. The normalized spacial score (nSPS) is 10.7. The first kappa shape index (κ1) is 12.8. The highest BCUT2D eigenvalue weighted by molar-refractivity contribution is 5.69. The summed E-state index contributed by atoms with van der Waals surface area (Å²) in [6.07, 6.45) is 2.09. The fraction of sp³-hybridized carbons (Fsp3) is 0.583. The van der Waals surface area contributed by atoms with Gasteiger partial charge in [-0.25, -0.2) is 0 Å². The van der Waals surface area contributed by atoms with Crippen LogP contribution in [0.4, 0.5) is 0 Å². The molecule has 1 heterocycles. The van der Waals surface area contributed by atoms with Crippen molar-refractivity contribution in [2.24, 2.45) is 0 Å². The van der Waals surface area contributed by atoms with Gasteiger partial charge in [0, 0.05) is 6.54 Å². The van der Waals surface area contributed by atoms with Crippen LogP contribution in [0.5, 0.6) is 0 Å². The molecular weight excluding hydrogens is 206 g/mol. The summed E-state index contributed by atoms with van der Waals surface area (Å²) in [5.41, 5.74) is 0. The first-order valence-electron chi connectivity index (χ1n) is 5.66. The molecule has 0 aromatic carbocycles. The number of carbonyl (C=O) groups is 1. The van der Waals surface area contributed by atoms with Crippen molar-refractivity contribution in [2.75, 3.05) is 19.7 Å². The molecular formula is C12H19NO3. The van der Waals surface area contributed by atoms with E-state index in [1.54, 1.807) is 6.26 Å². The SMILES string of the molecule is CCOC(=O)CCN(CC)Cc1ccco1. The second-order valence-corrected chi connectivity index (χ2v) is 3.50. The molecule has 0 unspecified atom stereocenters. The smallest absolute Gasteiger partial charge is 0.307 e. The van der Waals surface area contributed by atoms with Crippen molar-refractivity contribution in [1.82, 2.24) is 4.90 Å². The van der Waals surface area contributed by atoms with Gasteiger partial charge in [-0.3, -0.25) is 9.69 Å². The topological polar surface area (TPSA) is 42.7 Å². The molecule has 0 aliphatic heterocycles. The van der Waals surface area contributed by atoms with Crippen molar-refractivity contribution in [3.05, 3.63) is 24.2 Å². The number of esters is 1. The van der Waals surface area contributed by atoms with E-state index in [-0.39, 0.29) is 5.97 Å². The molecule has 4 nitrogen and oxygen atoms in total. The van der Waals surface area contributed by atoms with Crippen molar-refractivity contribution in [1.29, 1.82) is 0 Å². The summed E-state index contributed by atoms with van der Waals surface area (Å²) in [4.78, 5) is 13.3. The molecule has 0 aliphatic rings. The van der Waals surface area contributed by atoms with Gasteiger partial charge in [0.15, 0.2) is 0 Å². The molecule has 0 atom stereocenters. The fourth-order valence-electron chi connectivity index (χ4n) is 1.45. The molecule has 0 amide bonds. The predicted molar refractivity (Wildman–Crippen MR) is 60.9 cm³/mol. The second-order valence-electron chi connectivity index (χ2n) is 3.50. The van der Waals surface area contributed by atoms with E-state index in [4.69, 9.17) is 9.15 Å². The first-order valence-corrected chi connectivity index (χ1v) is 5.66. The third-order valence-electron chi connectivity index (χ3n) is 2.34. The Morgan fingerprint density at radius 2 is 2.31 bits per heavy atom. The fourth-order valence-corrected chi connectivity index (χ4v) is 1.45. The lowest BCUT2D eigenvalue weighted by atomic mass is 10.3. The maximum atomic E-state index is 11.2. The van der Waals surface area contributed by atoms with Crippen LogP contribution in [0.15, 0.2) is 22.8 Å². The van der Waals surface area contributed by atoms with Gasteiger partial charge in [0.2, 0.25) is 0 Å². The predicted octanol–water partition coefficient (Wildman–Crippen LogP) is 2.05. The molecule has 0 fully saturated rings. The number of ether oxygens (including phenoxy) is 1. The number of furan rings is 1. The van der Waals surface area contributed by atoms with E-state index in [0.717, 1.165) is 18.8 Å². The van der Waals surface area contributed by atoms with Crippen LogP contribution in [-0.4, -0.2) is 30.6 Å². The minimum atomic E-state index is -0.139. The van der Waals surface area contributed by atoms with Crippen molar-refractivity contribution < 1.29 is 13.9 Å². The second kappa shape index (κ2) is 7.06. The summed E-state index contributed by atoms with van der Waals surface area (Å²) >= 11 is 0. The molecule has 1 aromatic heterocycles. The van der Waals surface area contributed by atoms with Crippen LogP contribution < -0.4 is 0 Å². The molecule has 0 radical (unpaired) electrons. The molecule has 0 aliphatic carbocycles. The minimum absolute atomic E-state index is 0.139. The van der Waals surface area contributed by atoms with Gasteiger partial charge < -0.3 is 9.15 Å². The molecule has 0 saturated heterocycles. The number of rotatable bonds is 7. The summed E-state index contributed by atoms with van der Waals surface area (Å²) in [6, 6.07) is 3.81. The number of hydrogen-bond acceptors (Lipinski definition) is 4. The van der Waals surface area contributed by atoms with Gasteiger partial charge in [0.05, 0.1) is 25.8 Å². The lowest BCUT2D eigenvalue weighted by Crippen LogP contribution is -2.26. The highest BCUT2D eigenvalue weighted by Gasteiger charge is 2.08. The average molecular weight is 225 g/mol. The van der Waals surface area contributed by atoms with Gasteiger partial charge in [-0.05, 0) is 25.6 Å². The van der Waals surface area contributed by atoms with Gasteiger partial charge in [0.25, 0.3) is 0 Å². The van der Waals surface area contributed by atoms with Crippen molar-refractivity contribution in [3.8, 4) is 0 Å². The summed E-state index contributed by atoms with van der Waals surface area (Å²) in [6.45, 7) is 6.66. The average Bonchev–Trinajstić information content (AvgIpc) is 2.77. The standard InChI is InChI=1S/C12H19NO3/c1-3-13(8-7-12(14)15-4-2)10-11-6-5-9-16-11/h5-6,9H,3-4,7-8,10H2,1-2H3. The zero-order chi connectivity index (χ0) is 11.8. The van der Waals surface area contributed by atoms with E-state index in [0.29, 0.717) is 19.6 Å². The third kappa shape index (κ3) is 4.49. The number of nitrogens with zero attached hydrogens (tertiary/aromatic N) is 1. The molecule has 4 heteroatoms. The maximum absolute atomic E-state index is 11.2. The summed E-state index contributed by atoms with van der Waals surface area (Å²) in [7, 11) is 0. The Hall–Kier alpha value is -1.29. The lowest BCUT2D eigenvalue weighted by Gasteiger charge is -2.18. The number of carbonyl (C=O) groups excluding carboxylic acids is 1.